The maximum absolute atomic E-state index is 12.8. The van der Waals surface area contributed by atoms with Gasteiger partial charge >= 0.3 is 0 Å². The number of benzene rings is 1. The van der Waals surface area contributed by atoms with Crippen molar-refractivity contribution >= 4 is 20.9 Å². The van der Waals surface area contributed by atoms with Crippen LogP contribution < -0.4 is 10.3 Å². The van der Waals surface area contributed by atoms with E-state index in [2.05, 4.69) is 22.0 Å². The average molecular weight is 449 g/mol. The Hall–Kier alpha value is -2.72. The minimum absolute atomic E-state index is 0.125. The maximum atomic E-state index is 12.8. The average Bonchev–Trinajstić information content (AvgIpc) is 3.09. The van der Waals surface area contributed by atoms with E-state index in [0.717, 1.165) is 24.8 Å². The zero-order chi connectivity index (χ0) is 22.6. The number of aromatic amines is 1. The van der Waals surface area contributed by atoms with Crippen molar-refractivity contribution in [2.45, 2.75) is 44.6 Å². The van der Waals surface area contributed by atoms with Gasteiger partial charge in [-0.25, -0.2) is 13.4 Å². The third-order valence-electron chi connectivity index (χ3n) is 4.93. The number of nitrogens with zero attached hydrogens (tertiary/aromatic N) is 3. The topological polar surface area (TPSA) is 116 Å². The number of H-pyrrole nitrogens is 1. The molecule has 9 nitrogen and oxygen atoms in total. The molecule has 0 fully saturated rings. The van der Waals surface area contributed by atoms with Gasteiger partial charge in [0.15, 0.2) is 15.4 Å². The van der Waals surface area contributed by atoms with Crippen LogP contribution in [0.1, 0.15) is 32.4 Å². The first-order valence-corrected chi connectivity index (χ1v) is 12.1. The molecule has 2 aromatic heterocycles. The molecule has 0 unspecified atom stereocenters. The largest absolute Gasteiger partial charge is 0.493 e. The highest BCUT2D eigenvalue weighted by Gasteiger charge is 2.19. The maximum Gasteiger partial charge on any atom is 0.279 e. The van der Waals surface area contributed by atoms with Gasteiger partial charge in [0.1, 0.15) is 17.1 Å². The number of fused-ring (bicyclic) bond motifs is 1. The van der Waals surface area contributed by atoms with E-state index in [1.54, 1.807) is 17.9 Å². The van der Waals surface area contributed by atoms with Gasteiger partial charge in [0, 0.05) is 13.4 Å². The molecular formula is C21H28N4O5S. The Morgan fingerprint density at radius 3 is 2.58 bits per heavy atom. The second kappa shape index (κ2) is 9.61. The standard InChI is InChI=1S/C21H28N4O5S/c1-5-7-11-30-17-9-8-14(31(4,27)28)13-15(17)20-22-18-16(6-2)25(10-12-29-3)24-19(18)21(26)23-20/h8-9,13H,5-7,10-12H2,1-4H3,(H,22,23,26). The number of sulfone groups is 1. The van der Waals surface area contributed by atoms with Crippen molar-refractivity contribution in [3.63, 3.8) is 0 Å². The Morgan fingerprint density at radius 2 is 1.94 bits per heavy atom. The smallest absolute Gasteiger partial charge is 0.279 e. The van der Waals surface area contributed by atoms with Crippen LogP contribution in [0.5, 0.6) is 5.75 Å². The van der Waals surface area contributed by atoms with Crippen LogP contribution in [0.3, 0.4) is 0 Å². The van der Waals surface area contributed by atoms with E-state index in [1.165, 1.54) is 12.1 Å². The molecule has 0 spiro atoms. The molecule has 0 saturated carbocycles. The van der Waals surface area contributed by atoms with E-state index < -0.39 is 15.4 Å². The molecule has 1 N–H and O–H groups in total. The van der Waals surface area contributed by atoms with Gasteiger partial charge < -0.3 is 14.5 Å². The number of methoxy groups -OCH3 is 1. The lowest BCUT2D eigenvalue weighted by atomic mass is 10.1. The van der Waals surface area contributed by atoms with Gasteiger partial charge in [0.2, 0.25) is 0 Å². The first kappa shape index (κ1) is 23.0. The first-order valence-electron chi connectivity index (χ1n) is 10.3. The molecule has 3 aromatic rings. The van der Waals surface area contributed by atoms with Gasteiger partial charge in [-0.3, -0.25) is 9.48 Å². The fourth-order valence-electron chi connectivity index (χ4n) is 3.28. The van der Waals surface area contributed by atoms with Crippen molar-refractivity contribution in [3.05, 3.63) is 34.2 Å². The summed E-state index contributed by atoms with van der Waals surface area (Å²) in [6, 6.07) is 4.59. The quantitative estimate of drug-likeness (QED) is 0.474. The lowest BCUT2D eigenvalue weighted by Crippen LogP contribution is -2.11. The minimum Gasteiger partial charge on any atom is -0.493 e. The Morgan fingerprint density at radius 1 is 1.16 bits per heavy atom. The Labute approximate surface area is 181 Å². The molecule has 0 bridgehead atoms. The Kier molecular flexibility index (Phi) is 7.11. The van der Waals surface area contributed by atoms with E-state index in [-0.39, 0.29) is 16.2 Å². The van der Waals surface area contributed by atoms with Gasteiger partial charge in [0.05, 0.1) is 35.9 Å². The molecule has 0 atom stereocenters. The number of aryl methyl sites for hydroxylation is 1. The predicted molar refractivity (Wildman–Crippen MR) is 118 cm³/mol. The summed E-state index contributed by atoms with van der Waals surface area (Å²) in [6.45, 7) is 5.45. The summed E-state index contributed by atoms with van der Waals surface area (Å²) in [5.74, 6) is 0.712. The molecule has 0 radical (unpaired) electrons. The fraction of sp³-hybridized carbons (Fsp3) is 0.476. The molecule has 1 aromatic carbocycles. The third-order valence-corrected chi connectivity index (χ3v) is 6.04. The molecule has 3 rings (SSSR count). The highest BCUT2D eigenvalue weighted by molar-refractivity contribution is 7.90. The van der Waals surface area contributed by atoms with Crippen LogP contribution in [0.25, 0.3) is 22.4 Å². The Bertz CT molecular complexity index is 1230. The SMILES string of the molecule is CCCCOc1ccc(S(C)(=O)=O)cc1-c1nc2c(CC)n(CCOC)nc2c(=O)[nH]1. The number of rotatable bonds is 10. The molecule has 10 heteroatoms. The van der Waals surface area contributed by atoms with Crippen LogP contribution in [0.4, 0.5) is 0 Å². The zero-order valence-corrected chi connectivity index (χ0v) is 19.1. The van der Waals surface area contributed by atoms with Crippen molar-refractivity contribution in [1.82, 2.24) is 19.7 Å². The van der Waals surface area contributed by atoms with Crippen LogP contribution >= 0.6 is 0 Å². The van der Waals surface area contributed by atoms with Crippen molar-refractivity contribution in [2.75, 3.05) is 26.6 Å². The van der Waals surface area contributed by atoms with Gasteiger partial charge in [-0.1, -0.05) is 20.3 Å². The van der Waals surface area contributed by atoms with E-state index >= 15 is 0 Å². The third kappa shape index (κ3) is 4.96. The summed E-state index contributed by atoms with van der Waals surface area (Å²) in [7, 11) is -1.85. The molecule has 0 saturated heterocycles. The lowest BCUT2D eigenvalue weighted by Gasteiger charge is -2.12. The van der Waals surface area contributed by atoms with Crippen molar-refractivity contribution in [2.24, 2.45) is 0 Å². The van der Waals surface area contributed by atoms with E-state index in [0.29, 0.717) is 43.0 Å². The van der Waals surface area contributed by atoms with Crippen molar-refractivity contribution < 1.29 is 17.9 Å². The number of ether oxygens (including phenoxy) is 2. The first-order chi connectivity index (χ1) is 14.8. The van der Waals surface area contributed by atoms with Crippen LogP contribution in [0, 0.1) is 0 Å². The van der Waals surface area contributed by atoms with E-state index in [9.17, 15) is 13.2 Å². The second-order valence-corrected chi connectivity index (χ2v) is 9.28. The molecule has 168 valence electrons. The highest BCUT2D eigenvalue weighted by atomic mass is 32.2. The summed E-state index contributed by atoms with van der Waals surface area (Å²) in [6.07, 6.45) is 3.57. The summed E-state index contributed by atoms with van der Waals surface area (Å²) in [5.41, 5.74) is 1.57. The molecule has 2 heterocycles. The number of unbranched alkanes of at least 4 members (excludes halogenated alkanes) is 1. The van der Waals surface area contributed by atoms with E-state index in [1.807, 2.05) is 6.92 Å². The highest BCUT2D eigenvalue weighted by Crippen LogP contribution is 2.31. The monoisotopic (exact) mass is 448 g/mol. The molecule has 31 heavy (non-hydrogen) atoms. The summed E-state index contributed by atoms with van der Waals surface area (Å²) >= 11 is 0. The number of hydrogen-bond acceptors (Lipinski definition) is 7. The van der Waals surface area contributed by atoms with Gasteiger partial charge in [-0.15, -0.1) is 0 Å². The minimum atomic E-state index is -3.45. The van der Waals surface area contributed by atoms with Crippen LogP contribution in [0.15, 0.2) is 27.9 Å². The normalized spacial score (nSPS) is 11.9. The van der Waals surface area contributed by atoms with Gasteiger partial charge in [-0.05, 0) is 31.0 Å². The molecule has 0 amide bonds. The summed E-state index contributed by atoms with van der Waals surface area (Å²) in [5, 5.41) is 4.40. The summed E-state index contributed by atoms with van der Waals surface area (Å²) in [4.78, 5) is 20.4. The van der Waals surface area contributed by atoms with Crippen LogP contribution in [-0.2, 0) is 27.5 Å². The Balaban J connectivity index is 2.20. The number of hydrogen-bond donors (Lipinski definition) is 1. The molecular weight excluding hydrogens is 420 g/mol. The molecule has 0 aliphatic heterocycles. The van der Waals surface area contributed by atoms with Gasteiger partial charge in [0.25, 0.3) is 5.56 Å². The second-order valence-electron chi connectivity index (χ2n) is 7.26. The zero-order valence-electron chi connectivity index (χ0n) is 18.3. The molecule has 0 aliphatic carbocycles. The summed E-state index contributed by atoms with van der Waals surface area (Å²) < 4.78 is 37.0. The molecule has 0 aliphatic rings. The predicted octanol–water partition coefficient (Wildman–Crippen LogP) is 2.58. The lowest BCUT2D eigenvalue weighted by molar-refractivity contribution is 0.183. The fourth-order valence-corrected chi connectivity index (χ4v) is 3.93. The van der Waals surface area contributed by atoms with E-state index in [4.69, 9.17) is 9.47 Å². The van der Waals surface area contributed by atoms with Crippen LogP contribution in [-0.4, -0.2) is 54.7 Å². The van der Waals surface area contributed by atoms with Crippen molar-refractivity contribution in [1.29, 1.82) is 0 Å². The number of aromatic nitrogens is 4. The van der Waals surface area contributed by atoms with Gasteiger partial charge in [-0.2, -0.15) is 5.10 Å². The van der Waals surface area contributed by atoms with Crippen molar-refractivity contribution in [3.8, 4) is 17.1 Å². The van der Waals surface area contributed by atoms with Crippen LogP contribution in [0.2, 0.25) is 0 Å². The number of nitrogens with one attached hydrogen (secondary N) is 1.